The SMILES string of the molecule is NP(O)O.O=C(NCC(O)CO)C(F)(F)F. The van der Waals surface area contributed by atoms with Gasteiger partial charge in [-0.2, -0.15) is 13.2 Å². The van der Waals surface area contributed by atoms with Crippen LogP contribution in [0.15, 0.2) is 0 Å². The van der Waals surface area contributed by atoms with Crippen LogP contribution in [0.2, 0.25) is 0 Å². The molecule has 11 heteroatoms. The van der Waals surface area contributed by atoms with E-state index >= 15 is 0 Å². The summed E-state index contributed by atoms with van der Waals surface area (Å²) in [5, 5.41) is 18.1. The maximum absolute atomic E-state index is 11.4. The van der Waals surface area contributed by atoms with Gasteiger partial charge < -0.3 is 25.3 Å². The highest BCUT2D eigenvalue weighted by Crippen LogP contribution is 2.13. The molecule has 16 heavy (non-hydrogen) atoms. The smallest absolute Gasteiger partial charge is 0.394 e. The topological polar surface area (TPSA) is 136 Å². The number of nitrogens with two attached hydrogens (primary N) is 1. The maximum Gasteiger partial charge on any atom is 0.471 e. The quantitative estimate of drug-likeness (QED) is 0.333. The molecule has 1 amide bonds. The van der Waals surface area contributed by atoms with Crippen molar-refractivity contribution >= 4 is 14.4 Å². The molecule has 0 saturated carbocycles. The normalized spacial score (nSPS) is 12.8. The van der Waals surface area contributed by atoms with E-state index in [2.05, 4.69) is 5.50 Å². The van der Waals surface area contributed by atoms with Crippen molar-refractivity contribution in [3.05, 3.63) is 0 Å². The lowest BCUT2D eigenvalue weighted by molar-refractivity contribution is -0.174. The van der Waals surface area contributed by atoms with Gasteiger partial charge in [0.05, 0.1) is 12.7 Å². The molecule has 0 aromatic rings. The highest BCUT2D eigenvalue weighted by atomic mass is 31.2. The Kier molecular flexibility index (Phi) is 9.63. The second kappa shape index (κ2) is 8.62. The molecular formula is C5H12F3N2O5P. The zero-order valence-corrected chi connectivity index (χ0v) is 8.74. The van der Waals surface area contributed by atoms with Crippen LogP contribution in [0.3, 0.4) is 0 Å². The Hall–Kier alpha value is -0.510. The summed E-state index contributed by atoms with van der Waals surface area (Å²) in [6, 6.07) is 0. The van der Waals surface area contributed by atoms with E-state index in [1.165, 1.54) is 5.32 Å². The van der Waals surface area contributed by atoms with Gasteiger partial charge in [0.15, 0.2) is 0 Å². The number of carbonyl (C=O) groups excluding carboxylic acids is 1. The molecule has 0 aromatic carbocycles. The molecule has 0 aliphatic rings. The first-order chi connectivity index (χ1) is 7.11. The van der Waals surface area contributed by atoms with Crippen LogP contribution in [0.1, 0.15) is 0 Å². The molecule has 0 saturated heterocycles. The van der Waals surface area contributed by atoms with Crippen LogP contribution in [-0.2, 0) is 4.79 Å². The summed E-state index contributed by atoms with van der Waals surface area (Å²) in [6.45, 7) is -1.31. The van der Waals surface area contributed by atoms with Crippen molar-refractivity contribution in [1.82, 2.24) is 5.32 Å². The minimum atomic E-state index is -4.95. The van der Waals surface area contributed by atoms with Crippen molar-refractivity contribution in [1.29, 1.82) is 0 Å². The van der Waals surface area contributed by atoms with Gasteiger partial charge >= 0.3 is 12.1 Å². The van der Waals surface area contributed by atoms with Gasteiger partial charge in [-0.15, -0.1) is 0 Å². The molecule has 0 aliphatic heterocycles. The maximum atomic E-state index is 11.4. The van der Waals surface area contributed by atoms with Crippen LogP contribution >= 0.6 is 8.53 Å². The van der Waals surface area contributed by atoms with E-state index in [0.717, 1.165) is 0 Å². The average molecular weight is 268 g/mol. The summed E-state index contributed by atoms with van der Waals surface area (Å²) < 4.78 is 34.3. The summed E-state index contributed by atoms with van der Waals surface area (Å²) in [5.74, 6) is -2.13. The molecule has 7 N–H and O–H groups in total. The molecule has 0 bridgehead atoms. The lowest BCUT2D eigenvalue weighted by atomic mass is 10.4. The first kappa shape index (κ1) is 17.9. The number of aliphatic hydroxyl groups excluding tert-OH is 2. The van der Waals surface area contributed by atoms with Crippen LogP contribution in [0.5, 0.6) is 0 Å². The summed E-state index contributed by atoms with van der Waals surface area (Å²) in [4.78, 5) is 25.0. The second-order valence-corrected chi connectivity index (χ2v) is 3.01. The molecule has 0 radical (unpaired) electrons. The van der Waals surface area contributed by atoms with Crippen molar-refractivity contribution < 1.29 is 38.0 Å². The van der Waals surface area contributed by atoms with Gasteiger partial charge in [-0.25, -0.2) is 0 Å². The molecule has 1 unspecified atom stereocenters. The van der Waals surface area contributed by atoms with Gasteiger partial charge in [-0.05, 0) is 0 Å². The number of rotatable bonds is 3. The Morgan fingerprint density at radius 3 is 2.06 bits per heavy atom. The van der Waals surface area contributed by atoms with Gasteiger partial charge in [0.25, 0.3) is 0 Å². The van der Waals surface area contributed by atoms with E-state index in [0.29, 0.717) is 0 Å². The molecule has 1 atom stereocenters. The van der Waals surface area contributed by atoms with Gasteiger partial charge in [0.1, 0.15) is 0 Å². The van der Waals surface area contributed by atoms with Gasteiger partial charge in [0.2, 0.25) is 8.53 Å². The van der Waals surface area contributed by atoms with Crippen molar-refractivity contribution in [2.24, 2.45) is 5.50 Å². The average Bonchev–Trinajstić information content (AvgIpc) is 2.10. The van der Waals surface area contributed by atoms with Crippen molar-refractivity contribution in [3.63, 3.8) is 0 Å². The number of hydrogen-bond donors (Lipinski definition) is 6. The lowest BCUT2D eigenvalue weighted by Crippen LogP contribution is -2.41. The Morgan fingerprint density at radius 2 is 1.81 bits per heavy atom. The fourth-order valence-electron chi connectivity index (χ4n) is 0.375. The van der Waals surface area contributed by atoms with Gasteiger partial charge in [-0.1, -0.05) is 0 Å². The van der Waals surface area contributed by atoms with E-state index < -0.39 is 39.9 Å². The summed E-state index contributed by atoms with van der Waals surface area (Å²) in [7, 11) is -2.12. The number of alkyl halides is 3. The molecule has 0 rings (SSSR count). The van der Waals surface area contributed by atoms with Crippen molar-refractivity contribution in [2.75, 3.05) is 13.2 Å². The standard InChI is InChI=1S/C5H8F3NO3.H4NO2P/c6-5(7,8)4(12)9-1-3(11)2-10;1-4(2)3/h3,10-11H,1-2H2,(H,9,12);2-3H,1H2. The van der Waals surface area contributed by atoms with Gasteiger partial charge in [0, 0.05) is 6.54 Å². The summed E-state index contributed by atoms with van der Waals surface area (Å²) in [5.41, 5.74) is 4.29. The molecular weight excluding hydrogens is 256 g/mol. The van der Waals surface area contributed by atoms with Gasteiger partial charge in [-0.3, -0.25) is 10.3 Å². The third-order valence-corrected chi connectivity index (χ3v) is 0.966. The molecule has 0 aromatic heterocycles. The molecule has 0 spiro atoms. The van der Waals surface area contributed by atoms with Crippen molar-refractivity contribution in [2.45, 2.75) is 12.3 Å². The first-order valence-electron chi connectivity index (χ1n) is 3.67. The third-order valence-electron chi connectivity index (χ3n) is 0.966. The number of halogens is 3. The Morgan fingerprint density at radius 1 is 1.44 bits per heavy atom. The van der Waals surface area contributed by atoms with E-state index in [9.17, 15) is 18.0 Å². The number of aliphatic hydroxyl groups is 2. The predicted octanol–water partition coefficient (Wildman–Crippen LogP) is -1.83. The van der Waals surface area contributed by atoms with E-state index in [-0.39, 0.29) is 0 Å². The Balaban J connectivity index is 0. The molecule has 0 fully saturated rings. The van der Waals surface area contributed by atoms with Crippen LogP contribution in [0, 0.1) is 0 Å². The van der Waals surface area contributed by atoms with Crippen LogP contribution in [0.25, 0.3) is 0 Å². The summed E-state index contributed by atoms with van der Waals surface area (Å²) in [6.07, 6.45) is -6.31. The fourth-order valence-corrected chi connectivity index (χ4v) is 0.375. The highest BCUT2D eigenvalue weighted by Gasteiger charge is 2.38. The zero-order chi connectivity index (χ0) is 13.4. The second-order valence-electron chi connectivity index (χ2n) is 2.36. The Bertz CT molecular complexity index is 200. The van der Waals surface area contributed by atoms with Crippen LogP contribution in [0.4, 0.5) is 13.2 Å². The van der Waals surface area contributed by atoms with Crippen LogP contribution < -0.4 is 10.8 Å². The first-order valence-corrected chi connectivity index (χ1v) is 4.99. The minimum Gasteiger partial charge on any atom is -0.394 e. The largest absolute Gasteiger partial charge is 0.471 e. The van der Waals surface area contributed by atoms with Crippen molar-refractivity contribution in [3.8, 4) is 0 Å². The Labute approximate surface area is 89.7 Å². The molecule has 7 nitrogen and oxygen atoms in total. The van der Waals surface area contributed by atoms with Crippen LogP contribution in [-0.4, -0.2) is 51.3 Å². The monoisotopic (exact) mass is 268 g/mol. The highest BCUT2D eigenvalue weighted by molar-refractivity contribution is 7.42. The molecule has 98 valence electrons. The van der Waals surface area contributed by atoms with E-state index in [1.54, 1.807) is 0 Å². The summed E-state index contributed by atoms with van der Waals surface area (Å²) >= 11 is 0. The predicted molar refractivity (Wildman–Crippen MR) is 47.7 cm³/mol. The number of carbonyl (C=O) groups is 1. The van der Waals surface area contributed by atoms with E-state index in [4.69, 9.17) is 20.0 Å². The minimum absolute atomic E-state index is 0.616. The molecule has 0 aliphatic carbocycles. The molecule has 0 heterocycles. The van der Waals surface area contributed by atoms with E-state index in [1.807, 2.05) is 0 Å². The lowest BCUT2D eigenvalue weighted by Gasteiger charge is -2.10. The number of amides is 1. The third kappa shape index (κ3) is 13.5. The number of nitrogens with one attached hydrogen (secondary N) is 1. The number of hydrogen-bond acceptors (Lipinski definition) is 6. The zero-order valence-electron chi connectivity index (χ0n) is 7.85. The fraction of sp³-hybridized carbons (Fsp3) is 0.800.